The second kappa shape index (κ2) is 12.7. The molecule has 0 bridgehead atoms. The molecule has 0 fully saturated rings. The van der Waals surface area contributed by atoms with E-state index in [4.69, 9.17) is 15.1 Å². The molecule has 0 atom stereocenters. The highest BCUT2D eigenvalue weighted by atomic mass is 32.1. The summed E-state index contributed by atoms with van der Waals surface area (Å²) in [5, 5.41) is 0.497. The largest absolute Gasteiger partial charge is 0.309 e. The molecule has 0 N–H and O–H groups in total. The maximum absolute atomic E-state index is 9.87. The minimum absolute atomic E-state index is 0.00672. The molecule has 0 amide bonds. The zero-order chi connectivity index (χ0) is 54.9. The average molecular weight is 763 g/mol. The lowest BCUT2D eigenvalue weighted by molar-refractivity contribution is 1.18. The zero-order valence-corrected chi connectivity index (χ0v) is 30.2. The number of aromatic nitrogens is 2. The summed E-state index contributed by atoms with van der Waals surface area (Å²) < 4.78 is 184. The Morgan fingerprint density at radius 2 is 1.11 bits per heavy atom. The van der Waals surface area contributed by atoms with Gasteiger partial charge in [0.15, 0.2) is 0 Å². The van der Waals surface area contributed by atoms with Crippen LogP contribution in [0.2, 0.25) is 0 Å². The molecular weight excluding hydrogens is 709 g/mol. The fourth-order valence-electron chi connectivity index (χ4n) is 7.84. The number of fused-ring (bicyclic) bond motifs is 9. The number of nitrogens with zero attached hydrogens (tertiary/aromatic N) is 2. The summed E-state index contributed by atoms with van der Waals surface area (Å²) in [7, 11) is 0. The highest BCUT2D eigenvalue weighted by molar-refractivity contribution is 7.26. The predicted molar refractivity (Wildman–Crippen MR) is 244 cm³/mol. The second-order valence-corrected chi connectivity index (χ2v) is 14.4. The summed E-state index contributed by atoms with van der Waals surface area (Å²) in [5.41, 5.74) is 1.24. The van der Waals surface area contributed by atoms with Gasteiger partial charge in [0.25, 0.3) is 0 Å². The third-order valence-electron chi connectivity index (χ3n) is 10.3. The summed E-state index contributed by atoms with van der Waals surface area (Å²) >= 11 is 0.902. The van der Waals surface area contributed by atoms with E-state index in [0.29, 0.717) is 5.69 Å². The van der Waals surface area contributed by atoms with Gasteiger partial charge in [-0.3, -0.25) is 0 Å². The van der Waals surface area contributed by atoms with Gasteiger partial charge in [-0.1, -0.05) is 145 Å². The molecule has 2 nitrogen and oxygen atoms in total. The first-order valence-corrected chi connectivity index (χ1v) is 18.7. The molecule has 57 heavy (non-hydrogen) atoms. The van der Waals surface area contributed by atoms with E-state index in [9.17, 15) is 12.3 Å². The zero-order valence-electron chi connectivity index (χ0n) is 49.4. The van der Waals surface area contributed by atoms with Crippen molar-refractivity contribution in [2.24, 2.45) is 0 Å². The van der Waals surface area contributed by atoms with Gasteiger partial charge < -0.3 is 9.13 Å². The van der Waals surface area contributed by atoms with Crippen LogP contribution < -0.4 is 0 Å². The number of rotatable bonds is 5. The van der Waals surface area contributed by atoms with E-state index < -0.39 is 96.7 Å². The van der Waals surface area contributed by atoms with E-state index >= 15 is 0 Å². The normalized spacial score (nSPS) is 16.8. The van der Waals surface area contributed by atoms with E-state index in [-0.39, 0.29) is 116 Å². The predicted octanol–water partition coefficient (Wildman–Crippen LogP) is 15.2. The first kappa shape index (κ1) is 18.2. The third kappa shape index (κ3) is 4.96. The van der Waals surface area contributed by atoms with E-state index in [2.05, 4.69) is 0 Å². The van der Waals surface area contributed by atoms with E-state index in [0.717, 1.165) is 28.5 Å². The SMILES string of the molecule is [2H]c1cc(-c2c([2H])c([2H])c([2H])c3sc4c([2H])c(-n5c6c([2H])c([2H])c(-c7c([2H])c([2H])c([2H])c8c7c7cc([2H])c([2H])c([2H])c7n8-c7cccc(-c8ccccc8)c7)cc6c6c([2H])c([2H])c([2H])c([2H])c65)ccc4c23)c([2H])c([2H])c1[2H]. The Balaban J connectivity index is 1.19. The van der Waals surface area contributed by atoms with Crippen LogP contribution in [0.25, 0.3) is 109 Å². The molecule has 0 aliphatic heterocycles. The van der Waals surface area contributed by atoms with Gasteiger partial charge in [0, 0.05) is 53.1 Å². The van der Waals surface area contributed by atoms with Crippen LogP contribution in [-0.4, -0.2) is 9.13 Å². The molecule has 0 radical (unpaired) electrons. The minimum Gasteiger partial charge on any atom is -0.309 e. The molecule has 0 saturated carbocycles. The van der Waals surface area contributed by atoms with E-state index in [1.54, 1.807) is 12.1 Å². The molecule has 12 aromatic rings. The summed E-state index contributed by atoms with van der Waals surface area (Å²) in [6.45, 7) is 0. The summed E-state index contributed by atoms with van der Waals surface area (Å²) in [6.07, 6.45) is 0. The lowest BCUT2D eigenvalue weighted by Crippen LogP contribution is -1.94. The monoisotopic (exact) mass is 762 g/mol. The summed E-state index contributed by atoms with van der Waals surface area (Å²) in [4.78, 5) is 0. The molecule has 12 rings (SSSR count). The van der Waals surface area contributed by atoms with Gasteiger partial charge in [0.2, 0.25) is 0 Å². The molecule has 3 heteroatoms. The van der Waals surface area contributed by atoms with Gasteiger partial charge in [-0.25, -0.2) is 0 Å². The molecule has 3 heterocycles. The number of para-hydroxylation sites is 2. The summed E-state index contributed by atoms with van der Waals surface area (Å²) in [6, 6.07) is 13.5. The first-order chi connectivity index (χ1) is 36.6. The molecule has 0 spiro atoms. The van der Waals surface area contributed by atoms with E-state index in [1.807, 2.05) is 42.5 Å². The average Bonchev–Trinajstić information content (AvgIpc) is 4.19. The minimum atomic E-state index is -0.656. The van der Waals surface area contributed by atoms with Crippen molar-refractivity contribution in [2.75, 3.05) is 0 Å². The van der Waals surface area contributed by atoms with Crippen molar-refractivity contribution in [3.05, 3.63) is 206 Å². The second-order valence-electron chi connectivity index (χ2n) is 13.4. The van der Waals surface area contributed by atoms with Crippen LogP contribution in [0.4, 0.5) is 0 Å². The van der Waals surface area contributed by atoms with Crippen LogP contribution in [0.1, 0.15) is 27.4 Å². The maximum atomic E-state index is 9.87. The Morgan fingerprint density at radius 1 is 0.368 bits per heavy atom. The molecule has 9 aromatic carbocycles. The van der Waals surface area contributed by atoms with Gasteiger partial charge >= 0.3 is 0 Å². The van der Waals surface area contributed by atoms with Crippen molar-refractivity contribution in [2.45, 2.75) is 0 Å². The molecule has 0 aliphatic rings. The van der Waals surface area contributed by atoms with Gasteiger partial charge in [0.1, 0.15) is 0 Å². The van der Waals surface area contributed by atoms with Crippen LogP contribution in [0.5, 0.6) is 0 Å². The van der Waals surface area contributed by atoms with Crippen LogP contribution in [0, 0.1) is 0 Å². The smallest absolute Gasteiger partial charge is 0.0660 e. The van der Waals surface area contributed by atoms with Crippen LogP contribution in [0.15, 0.2) is 206 Å². The van der Waals surface area contributed by atoms with Crippen LogP contribution >= 0.6 is 11.3 Å². The topological polar surface area (TPSA) is 9.86 Å². The first-order valence-electron chi connectivity index (χ1n) is 27.9. The van der Waals surface area contributed by atoms with Crippen molar-refractivity contribution >= 4 is 75.1 Å². The Bertz CT molecular complexity index is 4690. The Morgan fingerprint density at radius 3 is 2.04 bits per heavy atom. The maximum Gasteiger partial charge on any atom is 0.0660 e. The lowest BCUT2D eigenvalue weighted by atomic mass is 9.98. The number of hydrogen-bond acceptors (Lipinski definition) is 1. The van der Waals surface area contributed by atoms with Gasteiger partial charge in [-0.2, -0.15) is 0 Å². The Hall–Kier alpha value is -7.20. The molecular formula is C54H34N2S. The van der Waals surface area contributed by atoms with E-state index in [1.165, 1.54) is 33.4 Å². The van der Waals surface area contributed by atoms with Crippen molar-refractivity contribution in [1.29, 1.82) is 0 Å². The van der Waals surface area contributed by atoms with Crippen molar-refractivity contribution in [1.82, 2.24) is 9.13 Å². The van der Waals surface area contributed by atoms with Crippen molar-refractivity contribution < 1.29 is 27.4 Å². The molecule has 266 valence electrons. The van der Waals surface area contributed by atoms with Gasteiger partial charge in [-0.15, -0.1) is 11.3 Å². The Kier molecular flexibility index (Phi) is 4.04. The lowest BCUT2D eigenvalue weighted by Gasteiger charge is -2.11. The van der Waals surface area contributed by atoms with Crippen LogP contribution in [0.3, 0.4) is 0 Å². The number of thiophene rings is 1. The number of benzene rings is 9. The summed E-state index contributed by atoms with van der Waals surface area (Å²) in [5.74, 6) is 0. The van der Waals surface area contributed by atoms with Crippen molar-refractivity contribution in [3.63, 3.8) is 0 Å². The third-order valence-corrected chi connectivity index (χ3v) is 11.3. The molecule has 0 saturated heterocycles. The quantitative estimate of drug-likeness (QED) is 0.165. The fraction of sp³-hybridized carbons (Fsp3) is 0. The highest BCUT2D eigenvalue weighted by Gasteiger charge is 2.19. The molecule has 0 unspecified atom stereocenters. The molecule has 3 aromatic heterocycles. The van der Waals surface area contributed by atoms with Crippen molar-refractivity contribution in [3.8, 4) is 44.8 Å². The Labute approximate surface area is 361 Å². The fourth-order valence-corrected chi connectivity index (χ4v) is 8.89. The van der Waals surface area contributed by atoms with Crippen LogP contribution in [-0.2, 0) is 0 Å². The standard InChI is InChI=1S/C54H34N2S/c1-3-14-35(15-4-1)37-18-11-19-39(32-37)56-48-25-10-8-21-44(48)53-42(22-12-26-50(53)56)38-28-31-49-46(33-38)43-20-7-9-24-47(43)55(49)40-29-30-45-52(34-40)57-51-27-13-23-41(54(45)51)36-16-5-2-6-17-36/h1-34H/i2D,5D,6D,7D,8D,9D,10D,12D,13D,16D,20D,22D,23D,24D,25D,26D,27D,28D,31D,34D. The number of hydrogen-bond donors (Lipinski definition) is 0. The van der Waals surface area contributed by atoms with Gasteiger partial charge in [-0.05, 0) is 93.9 Å². The molecule has 0 aliphatic carbocycles. The van der Waals surface area contributed by atoms with Gasteiger partial charge in [0.05, 0.1) is 49.5 Å². The highest BCUT2D eigenvalue weighted by Crippen LogP contribution is 2.44.